The van der Waals surface area contributed by atoms with Gasteiger partial charge in [0.25, 0.3) is 0 Å². The van der Waals surface area contributed by atoms with Gasteiger partial charge in [0, 0.05) is 0 Å². The first-order valence-corrected chi connectivity index (χ1v) is 4.83. The van der Waals surface area contributed by atoms with Crippen LogP contribution >= 0.6 is 0 Å². The minimum absolute atomic E-state index is 0.0726. The lowest BCUT2D eigenvalue weighted by atomic mass is 9.94. The molecule has 1 fully saturated rings. The molecule has 1 rings (SSSR count). The molecule has 1 aliphatic carbocycles. The first-order chi connectivity index (χ1) is 5.88. The van der Waals surface area contributed by atoms with Crippen LogP contribution in [0.15, 0.2) is 11.3 Å². The SMILES string of the molecule is CCOC(CO)=C1CCCCC1. The molecule has 0 radical (unpaired) electrons. The quantitative estimate of drug-likeness (QED) is 0.658. The van der Waals surface area contributed by atoms with Crippen LogP contribution in [0.25, 0.3) is 0 Å². The van der Waals surface area contributed by atoms with Crippen molar-refractivity contribution in [2.45, 2.75) is 39.0 Å². The molecule has 0 aromatic carbocycles. The van der Waals surface area contributed by atoms with E-state index in [-0.39, 0.29) is 6.61 Å². The first-order valence-electron chi connectivity index (χ1n) is 4.83. The van der Waals surface area contributed by atoms with Gasteiger partial charge in [0.15, 0.2) is 0 Å². The van der Waals surface area contributed by atoms with Crippen molar-refractivity contribution in [2.24, 2.45) is 0 Å². The van der Waals surface area contributed by atoms with Crippen LogP contribution in [0, 0.1) is 0 Å². The van der Waals surface area contributed by atoms with Gasteiger partial charge in [-0.15, -0.1) is 0 Å². The molecule has 0 aromatic rings. The number of allylic oxidation sites excluding steroid dienone is 1. The van der Waals surface area contributed by atoms with Crippen molar-refractivity contribution < 1.29 is 9.84 Å². The minimum atomic E-state index is 0.0726. The molecule has 1 aliphatic rings. The molecule has 2 nitrogen and oxygen atoms in total. The number of hydrogen-bond donors (Lipinski definition) is 1. The third kappa shape index (κ3) is 2.52. The standard InChI is InChI=1S/C10H18O2/c1-2-12-10(8-11)9-6-4-3-5-7-9/h11H,2-8H2,1H3. The number of aliphatic hydroxyl groups is 1. The van der Waals surface area contributed by atoms with E-state index in [1.54, 1.807) is 0 Å². The average Bonchev–Trinajstić information content (AvgIpc) is 2.15. The van der Waals surface area contributed by atoms with Gasteiger partial charge in [-0.3, -0.25) is 0 Å². The van der Waals surface area contributed by atoms with Crippen molar-refractivity contribution in [2.75, 3.05) is 13.2 Å². The highest BCUT2D eigenvalue weighted by molar-refractivity contribution is 5.10. The lowest BCUT2D eigenvalue weighted by molar-refractivity contribution is 0.165. The summed E-state index contributed by atoms with van der Waals surface area (Å²) in [6, 6.07) is 0. The molecule has 1 saturated carbocycles. The highest BCUT2D eigenvalue weighted by Crippen LogP contribution is 2.25. The Bertz CT molecular complexity index is 148. The minimum Gasteiger partial charge on any atom is -0.496 e. The van der Waals surface area contributed by atoms with Gasteiger partial charge in [-0.2, -0.15) is 0 Å². The molecule has 0 aromatic heterocycles. The fourth-order valence-corrected chi connectivity index (χ4v) is 1.69. The summed E-state index contributed by atoms with van der Waals surface area (Å²) in [5.74, 6) is 0.831. The molecule has 70 valence electrons. The van der Waals surface area contributed by atoms with E-state index in [4.69, 9.17) is 9.84 Å². The fraction of sp³-hybridized carbons (Fsp3) is 0.800. The second kappa shape index (κ2) is 5.20. The van der Waals surface area contributed by atoms with Crippen molar-refractivity contribution in [1.82, 2.24) is 0 Å². The van der Waals surface area contributed by atoms with E-state index in [0.29, 0.717) is 6.61 Å². The Morgan fingerprint density at radius 1 is 1.33 bits per heavy atom. The molecule has 0 heterocycles. The smallest absolute Gasteiger partial charge is 0.121 e. The van der Waals surface area contributed by atoms with Crippen LogP contribution in [0.3, 0.4) is 0 Å². The molecule has 0 amide bonds. The largest absolute Gasteiger partial charge is 0.496 e. The summed E-state index contributed by atoms with van der Waals surface area (Å²) in [7, 11) is 0. The summed E-state index contributed by atoms with van der Waals surface area (Å²) in [5, 5.41) is 9.03. The van der Waals surface area contributed by atoms with Gasteiger partial charge in [0.05, 0.1) is 6.61 Å². The zero-order valence-electron chi connectivity index (χ0n) is 7.81. The van der Waals surface area contributed by atoms with Gasteiger partial charge in [0.1, 0.15) is 12.4 Å². The van der Waals surface area contributed by atoms with Crippen LogP contribution in [0.4, 0.5) is 0 Å². The van der Waals surface area contributed by atoms with Crippen LogP contribution in [0.1, 0.15) is 39.0 Å². The molecule has 0 saturated heterocycles. The van der Waals surface area contributed by atoms with Crippen LogP contribution in [0.5, 0.6) is 0 Å². The van der Waals surface area contributed by atoms with Crippen LogP contribution in [0.2, 0.25) is 0 Å². The van der Waals surface area contributed by atoms with E-state index in [2.05, 4.69) is 0 Å². The number of aliphatic hydroxyl groups excluding tert-OH is 1. The molecular formula is C10H18O2. The summed E-state index contributed by atoms with van der Waals surface area (Å²) in [4.78, 5) is 0. The molecule has 12 heavy (non-hydrogen) atoms. The lowest BCUT2D eigenvalue weighted by Crippen LogP contribution is -2.05. The van der Waals surface area contributed by atoms with Gasteiger partial charge < -0.3 is 9.84 Å². The predicted molar refractivity (Wildman–Crippen MR) is 48.8 cm³/mol. The Morgan fingerprint density at radius 2 is 2.00 bits per heavy atom. The van der Waals surface area contributed by atoms with Crippen LogP contribution in [-0.2, 0) is 4.74 Å². The third-order valence-corrected chi connectivity index (χ3v) is 2.31. The zero-order valence-corrected chi connectivity index (χ0v) is 7.81. The average molecular weight is 170 g/mol. The molecule has 0 aliphatic heterocycles. The number of hydrogen-bond acceptors (Lipinski definition) is 2. The second-order valence-electron chi connectivity index (χ2n) is 3.18. The summed E-state index contributed by atoms with van der Waals surface area (Å²) < 4.78 is 5.36. The van der Waals surface area contributed by atoms with Gasteiger partial charge in [-0.05, 0) is 38.2 Å². The van der Waals surface area contributed by atoms with E-state index in [1.165, 1.54) is 24.8 Å². The summed E-state index contributed by atoms with van der Waals surface area (Å²) >= 11 is 0. The summed E-state index contributed by atoms with van der Waals surface area (Å²) in [5.41, 5.74) is 1.34. The van der Waals surface area contributed by atoms with Gasteiger partial charge in [-0.25, -0.2) is 0 Å². The van der Waals surface area contributed by atoms with Crippen molar-refractivity contribution >= 4 is 0 Å². The lowest BCUT2D eigenvalue weighted by Gasteiger charge is -2.17. The zero-order chi connectivity index (χ0) is 8.81. The maximum atomic E-state index is 9.03. The Morgan fingerprint density at radius 3 is 2.50 bits per heavy atom. The number of ether oxygens (including phenoxy) is 1. The Labute approximate surface area is 74.2 Å². The maximum Gasteiger partial charge on any atom is 0.121 e. The Hall–Kier alpha value is -0.500. The molecule has 0 spiro atoms. The van der Waals surface area contributed by atoms with Gasteiger partial charge in [-0.1, -0.05) is 6.42 Å². The fourth-order valence-electron chi connectivity index (χ4n) is 1.69. The highest BCUT2D eigenvalue weighted by Gasteiger charge is 2.11. The third-order valence-electron chi connectivity index (χ3n) is 2.31. The van der Waals surface area contributed by atoms with E-state index in [0.717, 1.165) is 18.6 Å². The molecule has 0 bridgehead atoms. The monoisotopic (exact) mass is 170 g/mol. The summed E-state index contributed by atoms with van der Waals surface area (Å²) in [6.45, 7) is 2.70. The van der Waals surface area contributed by atoms with E-state index >= 15 is 0 Å². The normalized spacial score (nSPS) is 17.7. The maximum absolute atomic E-state index is 9.03. The van der Waals surface area contributed by atoms with Crippen molar-refractivity contribution in [3.8, 4) is 0 Å². The second-order valence-corrected chi connectivity index (χ2v) is 3.18. The molecule has 0 unspecified atom stereocenters. The molecule has 2 heteroatoms. The van der Waals surface area contributed by atoms with Crippen LogP contribution in [-0.4, -0.2) is 18.3 Å². The van der Waals surface area contributed by atoms with Crippen LogP contribution < -0.4 is 0 Å². The topological polar surface area (TPSA) is 29.5 Å². The Kier molecular flexibility index (Phi) is 4.15. The van der Waals surface area contributed by atoms with Crippen molar-refractivity contribution in [3.05, 3.63) is 11.3 Å². The van der Waals surface area contributed by atoms with E-state index in [9.17, 15) is 0 Å². The van der Waals surface area contributed by atoms with E-state index < -0.39 is 0 Å². The van der Waals surface area contributed by atoms with Crippen molar-refractivity contribution in [3.63, 3.8) is 0 Å². The molecule has 1 N–H and O–H groups in total. The Balaban J connectivity index is 2.55. The van der Waals surface area contributed by atoms with Crippen molar-refractivity contribution in [1.29, 1.82) is 0 Å². The summed E-state index contributed by atoms with van der Waals surface area (Å²) in [6.07, 6.45) is 6.08. The number of rotatable bonds is 3. The van der Waals surface area contributed by atoms with Gasteiger partial charge in [0.2, 0.25) is 0 Å². The van der Waals surface area contributed by atoms with E-state index in [1.807, 2.05) is 6.92 Å². The first kappa shape index (κ1) is 9.59. The van der Waals surface area contributed by atoms with Gasteiger partial charge >= 0.3 is 0 Å². The molecule has 0 atom stereocenters. The predicted octanol–water partition coefficient (Wildman–Crippen LogP) is 2.23. The highest BCUT2D eigenvalue weighted by atomic mass is 16.5. The molecular weight excluding hydrogens is 152 g/mol.